The van der Waals surface area contributed by atoms with E-state index in [2.05, 4.69) is 20.0 Å². The van der Waals surface area contributed by atoms with Gasteiger partial charge in [-0.2, -0.15) is 0 Å². The number of aromatic nitrogens is 2. The number of nitrogens with zero attached hydrogens (tertiary/aromatic N) is 2. The van der Waals surface area contributed by atoms with Gasteiger partial charge in [-0.25, -0.2) is 9.97 Å². The SMILES string of the molecule is COC(=O)CNc1ncnc2ccsc12. The van der Waals surface area contributed by atoms with Crippen molar-refractivity contribution >= 4 is 33.3 Å². The first-order chi connectivity index (χ1) is 7.31. The van der Waals surface area contributed by atoms with E-state index in [4.69, 9.17) is 0 Å². The van der Waals surface area contributed by atoms with Gasteiger partial charge in [0.2, 0.25) is 0 Å². The summed E-state index contributed by atoms with van der Waals surface area (Å²) in [6, 6.07) is 1.91. The maximum atomic E-state index is 10.9. The third-order valence-corrected chi connectivity index (χ3v) is 2.78. The molecular weight excluding hydrogens is 214 g/mol. The smallest absolute Gasteiger partial charge is 0.325 e. The number of methoxy groups -OCH3 is 1. The van der Waals surface area contributed by atoms with Gasteiger partial charge < -0.3 is 10.1 Å². The van der Waals surface area contributed by atoms with E-state index in [1.807, 2.05) is 11.4 Å². The van der Waals surface area contributed by atoms with Crippen LogP contribution in [0.3, 0.4) is 0 Å². The van der Waals surface area contributed by atoms with Crippen molar-refractivity contribution in [1.29, 1.82) is 0 Å². The summed E-state index contributed by atoms with van der Waals surface area (Å²) >= 11 is 1.53. The second-order valence-electron chi connectivity index (χ2n) is 2.79. The van der Waals surface area contributed by atoms with E-state index < -0.39 is 0 Å². The van der Waals surface area contributed by atoms with Crippen LogP contribution in [0.25, 0.3) is 10.2 Å². The Bertz CT molecular complexity index is 483. The third-order valence-electron chi connectivity index (χ3n) is 1.87. The molecule has 0 bridgehead atoms. The van der Waals surface area contributed by atoms with Crippen LogP contribution in [0.2, 0.25) is 0 Å². The highest BCUT2D eigenvalue weighted by Gasteiger charge is 2.06. The summed E-state index contributed by atoms with van der Waals surface area (Å²) in [5, 5.41) is 4.84. The standard InChI is InChI=1S/C9H9N3O2S/c1-14-7(13)4-10-9-8-6(2-3-15-8)11-5-12-9/h2-3,5H,4H2,1H3,(H,10,11,12). The van der Waals surface area contributed by atoms with Crippen LogP contribution in [0.5, 0.6) is 0 Å². The highest BCUT2D eigenvalue weighted by molar-refractivity contribution is 7.17. The summed E-state index contributed by atoms with van der Waals surface area (Å²) in [7, 11) is 1.35. The lowest BCUT2D eigenvalue weighted by atomic mass is 10.4. The molecule has 78 valence electrons. The van der Waals surface area contributed by atoms with Crippen LogP contribution in [-0.4, -0.2) is 29.6 Å². The van der Waals surface area contributed by atoms with Crippen LogP contribution in [0.1, 0.15) is 0 Å². The second-order valence-corrected chi connectivity index (χ2v) is 3.70. The maximum Gasteiger partial charge on any atom is 0.325 e. The van der Waals surface area contributed by atoms with Crippen LogP contribution in [0.4, 0.5) is 5.82 Å². The molecule has 0 radical (unpaired) electrons. The molecule has 0 spiro atoms. The fourth-order valence-corrected chi connectivity index (χ4v) is 1.95. The highest BCUT2D eigenvalue weighted by Crippen LogP contribution is 2.24. The van der Waals surface area contributed by atoms with Gasteiger partial charge >= 0.3 is 5.97 Å². The fraction of sp³-hybridized carbons (Fsp3) is 0.222. The summed E-state index contributed by atoms with van der Waals surface area (Å²) in [6.07, 6.45) is 1.47. The lowest BCUT2D eigenvalue weighted by Crippen LogP contribution is -2.15. The zero-order chi connectivity index (χ0) is 10.7. The van der Waals surface area contributed by atoms with Gasteiger partial charge in [-0.05, 0) is 11.4 Å². The maximum absolute atomic E-state index is 10.9. The van der Waals surface area contributed by atoms with E-state index in [1.165, 1.54) is 24.8 Å². The molecule has 0 aromatic carbocycles. The van der Waals surface area contributed by atoms with Crippen molar-refractivity contribution in [2.24, 2.45) is 0 Å². The van der Waals surface area contributed by atoms with Crippen molar-refractivity contribution in [3.63, 3.8) is 0 Å². The number of nitrogens with one attached hydrogen (secondary N) is 1. The Morgan fingerprint density at radius 2 is 2.47 bits per heavy atom. The summed E-state index contributed by atoms with van der Waals surface area (Å²) in [4.78, 5) is 19.1. The molecule has 0 aliphatic rings. The lowest BCUT2D eigenvalue weighted by Gasteiger charge is -2.03. The molecule has 0 unspecified atom stereocenters. The second kappa shape index (κ2) is 4.22. The predicted octanol–water partition coefficient (Wildman–Crippen LogP) is 1.28. The Morgan fingerprint density at radius 1 is 1.60 bits per heavy atom. The first-order valence-corrected chi connectivity index (χ1v) is 5.18. The number of esters is 1. The summed E-state index contributed by atoms with van der Waals surface area (Å²) < 4.78 is 5.47. The normalized spacial score (nSPS) is 10.2. The average molecular weight is 223 g/mol. The van der Waals surface area contributed by atoms with E-state index in [1.54, 1.807) is 0 Å². The molecule has 2 aromatic heterocycles. The average Bonchev–Trinajstić information content (AvgIpc) is 2.74. The first kappa shape index (κ1) is 9.85. The Morgan fingerprint density at radius 3 is 3.27 bits per heavy atom. The molecule has 2 aromatic rings. The largest absolute Gasteiger partial charge is 0.468 e. The Hall–Kier alpha value is -1.69. The number of thiophene rings is 1. The van der Waals surface area contributed by atoms with Gasteiger partial charge in [0.15, 0.2) is 0 Å². The van der Waals surface area contributed by atoms with E-state index in [9.17, 15) is 4.79 Å². The molecule has 6 heteroatoms. The minimum atomic E-state index is -0.321. The lowest BCUT2D eigenvalue weighted by molar-refractivity contribution is -0.138. The number of hydrogen-bond donors (Lipinski definition) is 1. The third kappa shape index (κ3) is 2.04. The first-order valence-electron chi connectivity index (χ1n) is 4.30. The molecule has 0 atom stereocenters. The predicted molar refractivity (Wildman–Crippen MR) is 57.9 cm³/mol. The van der Waals surface area contributed by atoms with Crippen LogP contribution in [0, 0.1) is 0 Å². The highest BCUT2D eigenvalue weighted by atomic mass is 32.1. The Balaban J connectivity index is 2.20. The number of ether oxygens (including phenoxy) is 1. The molecule has 0 saturated heterocycles. The Labute approximate surface area is 90.1 Å². The van der Waals surface area contributed by atoms with Crippen molar-refractivity contribution in [1.82, 2.24) is 9.97 Å². The minimum absolute atomic E-state index is 0.112. The van der Waals surface area contributed by atoms with Crippen LogP contribution >= 0.6 is 11.3 Å². The topological polar surface area (TPSA) is 64.1 Å². The monoisotopic (exact) mass is 223 g/mol. The van der Waals surface area contributed by atoms with Gasteiger partial charge in [-0.15, -0.1) is 11.3 Å². The minimum Gasteiger partial charge on any atom is -0.468 e. The molecule has 0 fully saturated rings. The van der Waals surface area contributed by atoms with E-state index in [0.29, 0.717) is 5.82 Å². The molecule has 0 amide bonds. The van der Waals surface area contributed by atoms with Crippen molar-refractivity contribution in [2.45, 2.75) is 0 Å². The van der Waals surface area contributed by atoms with E-state index in [-0.39, 0.29) is 12.5 Å². The zero-order valence-corrected chi connectivity index (χ0v) is 8.87. The molecule has 2 heterocycles. The van der Waals surface area contributed by atoms with Gasteiger partial charge in [0, 0.05) is 0 Å². The molecule has 2 rings (SSSR count). The molecular formula is C9H9N3O2S. The summed E-state index contributed by atoms with van der Waals surface area (Å²) in [6.45, 7) is 0.112. The molecule has 15 heavy (non-hydrogen) atoms. The number of hydrogen-bond acceptors (Lipinski definition) is 6. The van der Waals surface area contributed by atoms with Crippen molar-refractivity contribution in [3.8, 4) is 0 Å². The van der Waals surface area contributed by atoms with Gasteiger partial charge in [-0.1, -0.05) is 0 Å². The fourth-order valence-electron chi connectivity index (χ4n) is 1.14. The number of carbonyl (C=O) groups is 1. The molecule has 1 N–H and O–H groups in total. The number of anilines is 1. The van der Waals surface area contributed by atoms with Gasteiger partial charge in [0.05, 0.1) is 17.3 Å². The van der Waals surface area contributed by atoms with Gasteiger partial charge in [-0.3, -0.25) is 4.79 Å². The van der Waals surface area contributed by atoms with Gasteiger partial charge in [0.1, 0.15) is 18.7 Å². The summed E-state index contributed by atoms with van der Waals surface area (Å²) in [5.41, 5.74) is 0.877. The van der Waals surface area contributed by atoms with Gasteiger partial charge in [0.25, 0.3) is 0 Å². The molecule has 0 saturated carbocycles. The van der Waals surface area contributed by atoms with Crippen molar-refractivity contribution in [2.75, 3.05) is 19.0 Å². The zero-order valence-electron chi connectivity index (χ0n) is 8.06. The Kier molecular flexibility index (Phi) is 2.77. The number of rotatable bonds is 3. The van der Waals surface area contributed by atoms with Crippen LogP contribution in [0.15, 0.2) is 17.8 Å². The molecule has 0 aliphatic carbocycles. The molecule has 5 nitrogen and oxygen atoms in total. The van der Waals surface area contributed by atoms with Crippen molar-refractivity contribution in [3.05, 3.63) is 17.8 Å². The summed E-state index contributed by atoms with van der Waals surface area (Å²) in [5.74, 6) is 0.346. The molecule has 0 aliphatic heterocycles. The van der Waals surface area contributed by atoms with Crippen LogP contribution in [-0.2, 0) is 9.53 Å². The number of carbonyl (C=O) groups excluding carboxylic acids is 1. The quantitative estimate of drug-likeness (QED) is 0.794. The van der Waals surface area contributed by atoms with E-state index in [0.717, 1.165) is 10.2 Å². The number of fused-ring (bicyclic) bond motifs is 1. The van der Waals surface area contributed by atoms with E-state index >= 15 is 0 Å². The van der Waals surface area contributed by atoms with Crippen LogP contribution < -0.4 is 5.32 Å². The van der Waals surface area contributed by atoms with Crippen molar-refractivity contribution < 1.29 is 9.53 Å².